The van der Waals surface area contributed by atoms with E-state index in [9.17, 15) is 0 Å². The molecule has 2 heteroatoms. The zero-order valence-corrected chi connectivity index (χ0v) is 8.41. The van der Waals surface area contributed by atoms with Gasteiger partial charge in [0.05, 0.1) is 13.2 Å². The quantitative estimate of drug-likeness (QED) is 0.713. The van der Waals surface area contributed by atoms with Crippen LogP contribution >= 0.6 is 0 Å². The molecule has 0 unspecified atom stereocenters. The van der Waals surface area contributed by atoms with E-state index >= 15 is 0 Å². The van der Waals surface area contributed by atoms with E-state index in [-0.39, 0.29) is 0 Å². The van der Waals surface area contributed by atoms with E-state index in [4.69, 9.17) is 4.74 Å². The number of nitrogens with zero attached hydrogens (tertiary/aromatic N) is 1. The zero-order chi connectivity index (χ0) is 9.64. The van der Waals surface area contributed by atoms with Crippen LogP contribution in [0.4, 0.5) is 0 Å². The Bertz CT molecular complexity index is 254. The lowest BCUT2D eigenvalue weighted by Gasteiger charge is -2.26. The van der Waals surface area contributed by atoms with Gasteiger partial charge in [0.15, 0.2) is 0 Å². The lowest BCUT2D eigenvalue weighted by Crippen LogP contribution is -2.37. The van der Waals surface area contributed by atoms with Crippen molar-refractivity contribution in [2.45, 2.75) is 6.42 Å². The van der Waals surface area contributed by atoms with Gasteiger partial charge >= 0.3 is 0 Å². The van der Waals surface area contributed by atoms with Crippen LogP contribution in [0.25, 0.3) is 0 Å². The number of ether oxygens (including phenoxy) is 1. The molecule has 1 aromatic rings. The molecule has 2 nitrogen and oxygen atoms in total. The number of morpholine rings is 1. The van der Waals surface area contributed by atoms with Gasteiger partial charge in [0.1, 0.15) is 0 Å². The van der Waals surface area contributed by atoms with Crippen LogP contribution in [0.2, 0.25) is 0 Å². The van der Waals surface area contributed by atoms with Gasteiger partial charge in [0.2, 0.25) is 0 Å². The standard InChI is InChI=1S/C12H16NO/c1-2-4-12(5-3-1)6-7-13-8-10-14-11-9-13/h1-4H,6-11H2. The molecule has 0 amide bonds. The Hall–Kier alpha value is -0.860. The molecule has 1 fully saturated rings. The molecule has 1 aromatic carbocycles. The first-order chi connectivity index (χ1) is 6.95. The lowest BCUT2D eigenvalue weighted by molar-refractivity contribution is 0.0384. The van der Waals surface area contributed by atoms with E-state index in [2.05, 4.69) is 23.1 Å². The predicted molar refractivity (Wildman–Crippen MR) is 56.2 cm³/mol. The Morgan fingerprint density at radius 1 is 1.29 bits per heavy atom. The van der Waals surface area contributed by atoms with Crippen LogP contribution < -0.4 is 0 Å². The van der Waals surface area contributed by atoms with Crippen LogP contribution in [0.15, 0.2) is 24.3 Å². The smallest absolute Gasteiger partial charge is 0.0594 e. The van der Waals surface area contributed by atoms with Crippen LogP contribution in [-0.4, -0.2) is 37.7 Å². The second kappa shape index (κ2) is 5.13. The van der Waals surface area contributed by atoms with E-state index in [1.165, 1.54) is 5.56 Å². The monoisotopic (exact) mass is 190 g/mol. The van der Waals surface area contributed by atoms with Crippen LogP contribution in [0.3, 0.4) is 0 Å². The van der Waals surface area contributed by atoms with Gasteiger partial charge in [-0.2, -0.15) is 0 Å². The molecule has 75 valence electrons. The number of hydrogen-bond acceptors (Lipinski definition) is 2. The molecule has 1 heterocycles. The summed E-state index contributed by atoms with van der Waals surface area (Å²) in [6, 6.07) is 11.5. The molecule has 0 spiro atoms. The third kappa shape index (κ3) is 2.82. The molecule has 0 aromatic heterocycles. The molecule has 1 aliphatic rings. The third-order valence-corrected chi connectivity index (χ3v) is 2.57. The first kappa shape index (κ1) is 9.69. The van der Waals surface area contributed by atoms with Crippen molar-refractivity contribution in [1.82, 2.24) is 4.90 Å². The van der Waals surface area contributed by atoms with Gasteiger partial charge in [0.25, 0.3) is 0 Å². The fraction of sp³-hybridized carbons (Fsp3) is 0.500. The summed E-state index contributed by atoms with van der Waals surface area (Å²) in [6.45, 7) is 5.06. The molecular formula is C12H16NO. The fourth-order valence-electron chi connectivity index (χ4n) is 1.69. The first-order valence-electron chi connectivity index (χ1n) is 5.21. The van der Waals surface area contributed by atoms with E-state index in [0.717, 1.165) is 39.3 Å². The average Bonchev–Trinajstić information content (AvgIpc) is 2.29. The first-order valence-corrected chi connectivity index (χ1v) is 5.21. The highest BCUT2D eigenvalue weighted by atomic mass is 16.5. The van der Waals surface area contributed by atoms with Crippen molar-refractivity contribution >= 4 is 0 Å². The summed E-state index contributed by atoms with van der Waals surface area (Å²) < 4.78 is 5.30. The number of hydrogen-bond donors (Lipinski definition) is 0. The molecular weight excluding hydrogens is 174 g/mol. The van der Waals surface area contributed by atoms with Crippen LogP contribution in [0, 0.1) is 6.07 Å². The summed E-state index contributed by atoms with van der Waals surface area (Å²) in [5.41, 5.74) is 1.30. The van der Waals surface area contributed by atoms with E-state index in [0.29, 0.717) is 0 Å². The van der Waals surface area contributed by atoms with Crippen molar-refractivity contribution in [3.8, 4) is 0 Å². The van der Waals surface area contributed by atoms with E-state index in [1.54, 1.807) is 0 Å². The molecule has 14 heavy (non-hydrogen) atoms. The highest BCUT2D eigenvalue weighted by molar-refractivity contribution is 5.13. The number of benzene rings is 1. The summed E-state index contributed by atoms with van der Waals surface area (Å²) in [4.78, 5) is 2.45. The Balaban J connectivity index is 1.76. The van der Waals surface area contributed by atoms with Crippen LogP contribution in [-0.2, 0) is 11.2 Å². The summed E-state index contributed by atoms with van der Waals surface area (Å²) in [7, 11) is 0. The Morgan fingerprint density at radius 2 is 2.14 bits per heavy atom. The van der Waals surface area contributed by atoms with Crippen molar-refractivity contribution in [3.63, 3.8) is 0 Å². The molecule has 0 bridgehead atoms. The van der Waals surface area contributed by atoms with Gasteiger partial charge in [-0.05, 0) is 18.1 Å². The molecule has 2 rings (SSSR count). The van der Waals surface area contributed by atoms with Crippen LogP contribution in [0.1, 0.15) is 5.56 Å². The van der Waals surface area contributed by atoms with Crippen molar-refractivity contribution in [1.29, 1.82) is 0 Å². The predicted octanol–water partition coefficient (Wildman–Crippen LogP) is 1.36. The summed E-state index contributed by atoms with van der Waals surface area (Å²) in [5.74, 6) is 0. The topological polar surface area (TPSA) is 12.5 Å². The van der Waals surface area contributed by atoms with Gasteiger partial charge in [-0.15, -0.1) is 0 Å². The van der Waals surface area contributed by atoms with E-state index < -0.39 is 0 Å². The van der Waals surface area contributed by atoms with Crippen molar-refractivity contribution in [3.05, 3.63) is 35.9 Å². The third-order valence-electron chi connectivity index (χ3n) is 2.57. The van der Waals surface area contributed by atoms with Gasteiger partial charge in [-0.1, -0.05) is 24.3 Å². The highest BCUT2D eigenvalue weighted by Gasteiger charge is 2.09. The Kier molecular flexibility index (Phi) is 3.55. The summed E-state index contributed by atoms with van der Waals surface area (Å²) in [6.07, 6.45) is 1.10. The zero-order valence-electron chi connectivity index (χ0n) is 8.41. The minimum absolute atomic E-state index is 0.887. The molecule has 0 saturated carbocycles. The van der Waals surface area contributed by atoms with Gasteiger partial charge in [0, 0.05) is 19.6 Å². The largest absolute Gasteiger partial charge is 0.379 e. The molecule has 0 N–H and O–H groups in total. The molecule has 1 saturated heterocycles. The maximum atomic E-state index is 5.30. The molecule has 0 aliphatic carbocycles. The van der Waals surface area contributed by atoms with Gasteiger partial charge < -0.3 is 4.74 Å². The SMILES string of the molecule is [c]1ccccc1CCN1CCOCC1. The minimum atomic E-state index is 0.887. The fourth-order valence-corrected chi connectivity index (χ4v) is 1.69. The maximum Gasteiger partial charge on any atom is 0.0594 e. The van der Waals surface area contributed by atoms with Crippen molar-refractivity contribution < 1.29 is 4.74 Å². The summed E-state index contributed by atoms with van der Waals surface area (Å²) in [5, 5.41) is 0. The lowest BCUT2D eigenvalue weighted by atomic mass is 10.1. The Morgan fingerprint density at radius 3 is 2.86 bits per heavy atom. The molecule has 1 radical (unpaired) electrons. The second-order valence-electron chi connectivity index (χ2n) is 3.59. The van der Waals surface area contributed by atoms with Crippen LogP contribution in [0.5, 0.6) is 0 Å². The van der Waals surface area contributed by atoms with Crippen molar-refractivity contribution in [2.75, 3.05) is 32.8 Å². The maximum absolute atomic E-state index is 5.30. The number of rotatable bonds is 3. The normalized spacial score (nSPS) is 18.3. The minimum Gasteiger partial charge on any atom is -0.379 e. The van der Waals surface area contributed by atoms with Crippen molar-refractivity contribution in [2.24, 2.45) is 0 Å². The van der Waals surface area contributed by atoms with Gasteiger partial charge in [-0.3, -0.25) is 4.90 Å². The highest BCUT2D eigenvalue weighted by Crippen LogP contribution is 2.02. The Labute approximate surface area is 85.5 Å². The molecule has 0 atom stereocenters. The molecule has 1 aliphatic heterocycles. The summed E-state index contributed by atoms with van der Waals surface area (Å²) >= 11 is 0. The van der Waals surface area contributed by atoms with Gasteiger partial charge in [-0.25, -0.2) is 0 Å². The van der Waals surface area contributed by atoms with E-state index in [1.807, 2.05) is 12.1 Å². The second-order valence-corrected chi connectivity index (χ2v) is 3.59. The average molecular weight is 190 g/mol.